The first-order chi connectivity index (χ1) is 10.5. The summed E-state index contributed by atoms with van der Waals surface area (Å²) in [5, 5.41) is 3.17. The molecule has 0 radical (unpaired) electrons. The molecule has 22 heavy (non-hydrogen) atoms. The molecule has 1 aromatic rings. The molecule has 0 unspecified atom stereocenters. The Labute approximate surface area is 136 Å². The van der Waals surface area contributed by atoms with Crippen LogP contribution in [0.5, 0.6) is 5.75 Å². The number of halogens is 2. The van der Waals surface area contributed by atoms with Crippen molar-refractivity contribution in [3.8, 4) is 5.75 Å². The molecule has 1 fully saturated rings. The van der Waals surface area contributed by atoms with Crippen molar-refractivity contribution in [1.82, 2.24) is 10.2 Å². The highest BCUT2D eigenvalue weighted by atomic mass is 35.5. The quantitative estimate of drug-likeness (QED) is 0.816. The van der Waals surface area contributed by atoms with E-state index >= 15 is 0 Å². The summed E-state index contributed by atoms with van der Waals surface area (Å²) in [6, 6.07) is 4.05. The number of hydrogen-bond acceptors (Lipinski definition) is 5. The number of imide groups is 1. The Hall–Kier alpha value is -1.99. The second kappa shape index (κ2) is 7.33. The number of nitrogens with one attached hydrogen (secondary N) is 1. The van der Waals surface area contributed by atoms with Crippen LogP contribution in [-0.2, 0) is 14.3 Å². The van der Waals surface area contributed by atoms with Crippen LogP contribution in [0.2, 0.25) is 10.0 Å². The van der Waals surface area contributed by atoms with E-state index in [1.165, 1.54) is 12.1 Å². The lowest BCUT2D eigenvalue weighted by Crippen LogP contribution is -2.37. The summed E-state index contributed by atoms with van der Waals surface area (Å²) >= 11 is 11.6. The van der Waals surface area contributed by atoms with Crippen molar-refractivity contribution in [2.24, 2.45) is 0 Å². The van der Waals surface area contributed by atoms with Crippen molar-refractivity contribution in [1.29, 1.82) is 0 Å². The Bertz CT molecular complexity index is 608. The third kappa shape index (κ3) is 4.25. The van der Waals surface area contributed by atoms with Crippen LogP contribution in [-0.4, -0.2) is 49.1 Å². The monoisotopic (exact) mass is 346 g/mol. The minimum atomic E-state index is -0.751. The molecule has 0 spiro atoms. The molecule has 1 saturated heterocycles. The SMILES string of the molecule is O=C(COc1ccc(Cl)cc1Cl)OCC(=O)N1CCNC1=O. The van der Waals surface area contributed by atoms with Crippen molar-refractivity contribution in [2.75, 3.05) is 26.3 Å². The first-order valence-electron chi connectivity index (χ1n) is 6.29. The molecular weight excluding hydrogens is 335 g/mol. The Morgan fingerprint density at radius 2 is 2.05 bits per heavy atom. The van der Waals surface area contributed by atoms with Gasteiger partial charge in [0.25, 0.3) is 5.91 Å². The highest BCUT2D eigenvalue weighted by Crippen LogP contribution is 2.27. The zero-order chi connectivity index (χ0) is 16.1. The van der Waals surface area contributed by atoms with E-state index in [2.05, 4.69) is 5.32 Å². The molecule has 9 heteroatoms. The highest BCUT2D eigenvalue weighted by Gasteiger charge is 2.26. The molecule has 1 aliphatic rings. The van der Waals surface area contributed by atoms with Crippen LogP contribution in [0, 0.1) is 0 Å². The molecule has 0 aliphatic carbocycles. The number of rotatable bonds is 5. The molecule has 0 bridgehead atoms. The second-order valence-electron chi connectivity index (χ2n) is 4.30. The first kappa shape index (κ1) is 16.4. The topological polar surface area (TPSA) is 84.9 Å². The van der Waals surface area contributed by atoms with E-state index in [4.69, 9.17) is 32.7 Å². The van der Waals surface area contributed by atoms with Crippen LogP contribution < -0.4 is 10.1 Å². The molecule has 1 N–H and O–H groups in total. The van der Waals surface area contributed by atoms with Crippen LogP contribution in [0.1, 0.15) is 0 Å². The van der Waals surface area contributed by atoms with Gasteiger partial charge < -0.3 is 14.8 Å². The Balaban J connectivity index is 1.76. The zero-order valence-electron chi connectivity index (χ0n) is 11.3. The van der Waals surface area contributed by atoms with E-state index in [1.807, 2.05) is 0 Å². The van der Waals surface area contributed by atoms with E-state index in [1.54, 1.807) is 6.07 Å². The van der Waals surface area contributed by atoms with Gasteiger partial charge >= 0.3 is 12.0 Å². The van der Waals surface area contributed by atoms with Gasteiger partial charge in [-0.3, -0.25) is 9.69 Å². The molecule has 118 valence electrons. The number of benzene rings is 1. The predicted octanol–water partition coefficient (Wildman–Crippen LogP) is 1.47. The number of urea groups is 1. The zero-order valence-corrected chi connectivity index (χ0v) is 12.8. The van der Waals surface area contributed by atoms with Crippen LogP contribution in [0.4, 0.5) is 4.79 Å². The molecule has 1 aliphatic heterocycles. The number of carbonyl (C=O) groups is 3. The van der Waals surface area contributed by atoms with Crippen molar-refractivity contribution in [2.45, 2.75) is 0 Å². The summed E-state index contributed by atoms with van der Waals surface area (Å²) in [6.07, 6.45) is 0. The Morgan fingerprint density at radius 3 is 2.68 bits per heavy atom. The number of amides is 3. The Kier molecular flexibility index (Phi) is 5.46. The summed E-state index contributed by atoms with van der Waals surface area (Å²) in [4.78, 5) is 35.4. The average molecular weight is 347 g/mol. The van der Waals surface area contributed by atoms with Gasteiger partial charge in [0.2, 0.25) is 0 Å². The summed E-state index contributed by atoms with van der Waals surface area (Å²) in [5.74, 6) is -1.07. The van der Waals surface area contributed by atoms with Gasteiger partial charge in [0.1, 0.15) is 5.75 Å². The van der Waals surface area contributed by atoms with Gasteiger partial charge in [-0.15, -0.1) is 0 Å². The fourth-order valence-corrected chi connectivity index (χ4v) is 2.16. The van der Waals surface area contributed by atoms with Crippen molar-refractivity contribution >= 4 is 41.1 Å². The molecular formula is C13H12Cl2N2O5. The molecule has 7 nitrogen and oxygen atoms in total. The van der Waals surface area contributed by atoms with Gasteiger partial charge in [-0.25, -0.2) is 9.59 Å². The van der Waals surface area contributed by atoms with Crippen LogP contribution in [0.15, 0.2) is 18.2 Å². The summed E-state index contributed by atoms with van der Waals surface area (Å²) in [6.45, 7) is -0.298. The van der Waals surface area contributed by atoms with Gasteiger partial charge in [-0.1, -0.05) is 23.2 Å². The van der Waals surface area contributed by atoms with Gasteiger partial charge in [-0.05, 0) is 18.2 Å². The molecule has 0 atom stereocenters. The number of esters is 1. The maximum Gasteiger partial charge on any atom is 0.344 e. The van der Waals surface area contributed by atoms with Gasteiger partial charge in [-0.2, -0.15) is 0 Å². The van der Waals surface area contributed by atoms with E-state index in [0.717, 1.165) is 4.90 Å². The normalized spacial score (nSPS) is 13.7. The molecule has 3 amide bonds. The number of ether oxygens (including phenoxy) is 2. The Morgan fingerprint density at radius 1 is 1.27 bits per heavy atom. The van der Waals surface area contributed by atoms with E-state index in [-0.39, 0.29) is 17.3 Å². The highest BCUT2D eigenvalue weighted by molar-refractivity contribution is 6.35. The lowest BCUT2D eigenvalue weighted by molar-refractivity contribution is -0.152. The third-order valence-corrected chi connectivity index (χ3v) is 3.28. The molecule has 2 rings (SSSR count). The maximum atomic E-state index is 11.6. The van der Waals surface area contributed by atoms with Crippen molar-refractivity contribution in [3.05, 3.63) is 28.2 Å². The maximum absolute atomic E-state index is 11.6. The van der Waals surface area contributed by atoms with E-state index in [9.17, 15) is 14.4 Å². The predicted molar refractivity (Wildman–Crippen MR) is 78.0 cm³/mol. The minimum Gasteiger partial charge on any atom is -0.480 e. The van der Waals surface area contributed by atoms with Crippen LogP contribution in [0.3, 0.4) is 0 Å². The lowest BCUT2D eigenvalue weighted by Gasteiger charge is -2.12. The van der Waals surface area contributed by atoms with Crippen molar-refractivity contribution in [3.63, 3.8) is 0 Å². The van der Waals surface area contributed by atoms with Gasteiger partial charge in [0.15, 0.2) is 13.2 Å². The number of hydrogen-bond donors (Lipinski definition) is 1. The fourth-order valence-electron chi connectivity index (χ4n) is 1.70. The second-order valence-corrected chi connectivity index (χ2v) is 5.15. The molecule has 1 aromatic carbocycles. The minimum absolute atomic E-state index is 0.255. The van der Waals surface area contributed by atoms with Gasteiger partial charge in [0.05, 0.1) is 5.02 Å². The standard InChI is InChI=1S/C13H12Cl2N2O5/c14-8-1-2-10(9(15)5-8)21-7-12(19)22-6-11(18)17-4-3-16-13(17)20/h1-2,5H,3-4,6-7H2,(H,16,20). The van der Waals surface area contributed by atoms with Crippen molar-refractivity contribution < 1.29 is 23.9 Å². The molecule has 0 aromatic heterocycles. The third-order valence-electron chi connectivity index (χ3n) is 2.75. The largest absolute Gasteiger partial charge is 0.480 e. The van der Waals surface area contributed by atoms with E-state index < -0.39 is 31.1 Å². The average Bonchev–Trinajstić information content (AvgIpc) is 2.90. The van der Waals surface area contributed by atoms with Gasteiger partial charge in [0, 0.05) is 18.1 Å². The summed E-state index contributed by atoms with van der Waals surface area (Å²) < 4.78 is 9.91. The molecule has 1 heterocycles. The smallest absolute Gasteiger partial charge is 0.344 e. The molecule has 0 saturated carbocycles. The lowest BCUT2D eigenvalue weighted by atomic mass is 10.3. The first-order valence-corrected chi connectivity index (χ1v) is 7.04. The van der Waals surface area contributed by atoms with E-state index in [0.29, 0.717) is 11.6 Å². The summed E-state index contributed by atoms with van der Waals surface area (Å²) in [5.41, 5.74) is 0. The van der Waals surface area contributed by atoms with Crippen LogP contribution in [0.25, 0.3) is 0 Å². The summed E-state index contributed by atoms with van der Waals surface area (Å²) in [7, 11) is 0. The van der Waals surface area contributed by atoms with Crippen LogP contribution >= 0.6 is 23.2 Å². The number of nitrogens with zero attached hydrogens (tertiary/aromatic N) is 1. The fraction of sp³-hybridized carbons (Fsp3) is 0.308. The number of carbonyl (C=O) groups excluding carboxylic acids is 3.